The lowest BCUT2D eigenvalue weighted by molar-refractivity contribution is -0.271. The molecule has 1 aliphatic carbocycles. The first-order valence-electron chi connectivity index (χ1n) is 11.2. The van der Waals surface area contributed by atoms with Gasteiger partial charge in [-0.1, -0.05) is 35.9 Å². The summed E-state index contributed by atoms with van der Waals surface area (Å²) in [7, 11) is 0. The molecule has 9 nitrogen and oxygen atoms in total. The van der Waals surface area contributed by atoms with Gasteiger partial charge in [0.15, 0.2) is 6.29 Å². The third kappa shape index (κ3) is 4.14. The molecular weight excluding hydrogens is 478 g/mol. The maximum atomic E-state index is 12.9. The minimum Gasteiger partial charge on any atom is -0.429 e. The molecule has 1 aromatic heterocycles. The van der Waals surface area contributed by atoms with Gasteiger partial charge in [-0.3, -0.25) is 0 Å². The van der Waals surface area contributed by atoms with Crippen LogP contribution in [0.1, 0.15) is 35.2 Å². The number of nitrogens with one attached hydrogen (secondary N) is 1. The number of aliphatic hydroxyl groups excluding tert-OH is 3. The lowest BCUT2D eigenvalue weighted by Crippen LogP contribution is -2.59. The number of rotatable bonds is 5. The fraction of sp³-hybridized carbons (Fsp3) is 0.360. The van der Waals surface area contributed by atoms with Crippen molar-refractivity contribution < 1.29 is 39.5 Å². The monoisotopic (exact) mass is 501 g/mol. The summed E-state index contributed by atoms with van der Waals surface area (Å²) in [6, 6.07) is 10.9. The zero-order valence-electron chi connectivity index (χ0n) is 18.4. The predicted molar refractivity (Wildman–Crippen MR) is 125 cm³/mol. The first-order chi connectivity index (χ1) is 16.7. The van der Waals surface area contributed by atoms with Crippen LogP contribution in [0.25, 0.3) is 22.0 Å². The number of fused-ring (bicyclic) bond motifs is 1. The Morgan fingerprint density at radius 1 is 1.11 bits per heavy atom. The van der Waals surface area contributed by atoms with Gasteiger partial charge in [0.1, 0.15) is 24.4 Å². The average Bonchev–Trinajstić information content (AvgIpc) is 3.25. The van der Waals surface area contributed by atoms with Crippen LogP contribution in [0, 0.1) is 0 Å². The number of benzene rings is 2. The van der Waals surface area contributed by atoms with Crippen molar-refractivity contribution in [3.63, 3.8) is 0 Å². The van der Waals surface area contributed by atoms with Crippen LogP contribution in [0.2, 0.25) is 5.02 Å². The number of H-pyrrole nitrogens is 1. The highest BCUT2D eigenvalue weighted by molar-refractivity contribution is 6.34. The molecule has 2 aromatic carbocycles. The Morgan fingerprint density at radius 3 is 2.46 bits per heavy atom. The lowest BCUT2D eigenvalue weighted by atomic mass is 9.75. The highest BCUT2D eigenvalue weighted by Crippen LogP contribution is 2.42. The molecule has 0 amide bonds. The quantitative estimate of drug-likeness (QED) is 0.263. The van der Waals surface area contributed by atoms with Crippen LogP contribution in [0.15, 0.2) is 42.6 Å². The molecule has 10 heteroatoms. The van der Waals surface area contributed by atoms with Gasteiger partial charge in [0.05, 0.1) is 16.2 Å². The number of aliphatic hydroxyl groups is 4. The molecule has 5 rings (SSSR count). The molecule has 1 saturated heterocycles. The highest BCUT2D eigenvalue weighted by atomic mass is 35.5. The van der Waals surface area contributed by atoms with Crippen LogP contribution in [0.5, 0.6) is 0 Å². The number of ether oxygens (including phenoxy) is 2. The Kier molecular flexibility index (Phi) is 6.16. The van der Waals surface area contributed by atoms with Crippen molar-refractivity contribution in [1.82, 2.24) is 4.98 Å². The topological polar surface area (TPSA) is 149 Å². The first-order valence-corrected chi connectivity index (χ1v) is 11.6. The van der Waals surface area contributed by atoms with E-state index in [-0.39, 0.29) is 11.8 Å². The van der Waals surface area contributed by atoms with Crippen LogP contribution in [-0.2, 0) is 19.9 Å². The van der Waals surface area contributed by atoms with Gasteiger partial charge in [-0.2, -0.15) is 0 Å². The minimum absolute atomic E-state index is 0.123. The molecule has 5 atom stereocenters. The van der Waals surface area contributed by atoms with Gasteiger partial charge in [0, 0.05) is 22.7 Å². The summed E-state index contributed by atoms with van der Waals surface area (Å²) in [6.07, 6.45) is -4.10. The van der Waals surface area contributed by atoms with Gasteiger partial charge in [0.2, 0.25) is 6.29 Å². The maximum Gasteiger partial charge on any atom is 0.342 e. The third-order valence-corrected chi connectivity index (χ3v) is 7.18. The second-order valence-corrected chi connectivity index (χ2v) is 9.43. The second kappa shape index (κ2) is 9.02. The Hall–Kier alpha value is -2.79. The van der Waals surface area contributed by atoms with Crippen LogP contribution >= 0.6 is 11.6 Å². The standard InChI is InChI=1S/C25H24ClNO8/c26-17-9-18-15(8-14(17)12-2-4-13(5-3-12)25(33)6-1-7-25)16(10-27-18)23(32)35-24-22(31)21(30)20(29)19(11-28)34-24/h2-5,8-11,19-22,24,27,29-31,33H,1,6-7H2/t19-,20-,21+,22-,24+/m1/s1. The molecular formula is C25H24ClNO8. The first kappa shape index (κ1) is 23.9. The molecule has 184 valence electrons. The number of aldehydes is 1. The molecule has 2 fully saturated rings. The summed E-state index contributed by atoms with van der Waals surface area (Å²) in [5, 5.41) is 41.4. The van der Waals surface area contributed by atoms with E-state index >= 15 is 0 Å². The molecule has 2 heterocycles. The van der Waals surface area contributed by atoms with Crippen molar-refractivity contribution in [3.8, 4) is 11.1 Å². The summed E-state index contributed by atoms with van der Waals surface area (Å²) < 4.78 is 10.4. The number of aromatic nitrogens is 1. The van der Waals surface area contributed by atoms with E-state index in [9.17, 15) is 30.0 Å². The van der Waals surface area contributed by atoms with Gasteiger partial charge < -0.3 is 39.7 Å². The third-order valence-electron chi connectivity index (χ3n) is 6.87. The molecule has 0 unspecified atom stereocenters. The molecule has 0 radical (unpaired) electrons. The number of hydrogen-bond donors (Lipinski definition) is 5. The fourth-order valence-corrected chi connectivity index (χ4v) is 4.82. The zero-order valence-corrected chi connectivity index (χ0v) is 19.2. The number of carbonyl (C=O) groups is 2. The van der Waals surface area contributed by atoms with Crippen LogP contribution < -0.4 is 0 Å². The number of aromatic amines is 1. The molecule has 35 heavy (non-hydrogen) atoms. The van der Waals surface area contributed by atoms with Gasteiger partial charge in [0.25, 0.3) is 0 Å². The normalized spacial score (nSPS) is 27.9. The summed E-state index contributed by atoms with van der Waals surface area (Å²) in [4.78, 5) is 27.0. The number of esters is 1. The SMILES string of the molecule is O=C[C@H]1O[C@@H](OC(=O)c2c[nH]c3cc(Cl)c(-c4ccc(C5(O)CCC5)cc4)cc23)[C@H](O)[C@@H](O)[C@@H]1O. The zero-order chi connectivity index (χ0) is 24.9. The average molecular weight is 502 g/mol. The van der Waals surface area contributed by atoms with E-state index in [1.54, 1.807) is 12.1 Å². The molecule has 1 saturated carbocycles. The van der Waals surface area contributed by atoms with Crippen LogP contribution in [0.4, 0.5) is 0 Å². The maximum absolute atomic E-state index is 12.9. The van der Waals surface area contributed by atoms with Crippen LogP contribution in [-0.4, -0.2) is 68.4 Å². The number of halogens is 1. The van der Waals surface area contributed by atoms with Gasteiger partial charge in [-0.25, -0.2) is 4.79 Å². The second-order valence-electron chi connectivity index (χ2n) is 9.02. The van der Waals surface area contributed by atoms with E-state index in [1.807, 2.05) is 24.3 Å². The van der Waals surface area contributed by atoms with Crippen molar-refractivity contribution in [1.29, 1.82) is 0 Å². The number of hydrogen-bond acceptors (Lipinski definition) is 8. The number of carbonyl (C=O) groups excluding carboxylic acids is 2. The van der Waals surface area contributed by atoms with Gasteiger partial charge in [-0.15, -0.1) is 0 Å². The molecule has 3 aromatic rings. The van der Waals surface area contributed by atoms with E-state index < -0.39 is 42.3 Å². The van der Waals surface area contributed by atoms with Crippen molar-refractivity contribution in [3.05, 3.63) is 58.7 Å². The lowest BCUT2D eigenvalue weighted by Gasteiger charge is -2.37. The molecule has 5 N–H and O–H groups in total. The predicted octanol–water partition coefficient (Wildman–Crippen LogP) is 2.02. The molecule has 2 aliphatic rings. The minimum atomic E-state index is -1.75. The van der Waals surface area contributed by atoms with Crippen molar-refractivity contribution >= 4 is 34.8 Å². The Balaban J connectivity index is 1.42. The van der Waals surface area contributed by atoms with Crippen molar-refractivity contribution in [2.24, 2.45) is 0 Å². The molecule has 0 bridgehead atoms. The summed E-state index contributed by atoms with van der Waals surface area (Å²) in [6.45, 7) is 0. The van der Waals surface area contributed by atoms with E-state index in [4.69, 9.17) is 21.1 Å². The molecule has 0 spiro atoms. The van der Waals surface area contributed by atoms with Gasteiger partial charge >= 0.3 is 5.97 Å². The van der Waals surface area contributed by atoms with E-state index in [0.717, 1.165) is 30.4 Å². The Bertz CT molecular complexity index is 1270. The Labute approximate surface area is 204 Å². The van der Waals surface area contributed by atoms with Crippen molar-refractivity contribution in [2.75, 3.05) is 0 Å². The van der Waals surface area contributed by atoms with E-state index in [2.05, 4.69) is 4.98 Å². The summed E-state index contributed by atoms with van der Waals surface area (Å²) in [5.74, 6) is -0.871. The largest absolute Gasteiger partial charge is 0.429 e. The summed E-state index contributed by atoms with van der Waals surface area (Å²) >= 11 is 6.51. The van der Waals surface area contributed by atoms with E-state index in [0.29, 0.717) is 21.5 Å². The van der Waals surface area contributed by atoms with Crippen molar-refractivity contribution in [2.45, 2.75) is 55.6 Å². The fourth-order valence-electron chi connectivity index (χ4n) is 4.55. The van der Waals surface area contributed by atoms with Crippen LogP contribution in [0.3, 0.4) is 0 Å². The van der Waals surface area contributed by atoms with Gasteiger partial charge in [-0.05, 0) is 42.5 Å². The molecule has 1 aliphatic heterocycles. The Morgan fingerprint density at radius 2 is 1.83 bits per heavy atom. The van der Waals surface area contributed by atoms with E-state index in [1.165, 1.54) is 6.20 Å². The highest BCUT2D eigenvalue weighted by Gasteiger charge is 2.45. The smallest absolute Gasteiger partial charge is 0.342 e. The summed E-state index contributed by atoms with van der Waals surface area (Å²) in [5.41, 5.74) is 2.22.